The Morgan fingerprint density at radius 1 is 0.935 bits per heavy atom. The average molecular weight is 419 g/mol. The van der Waals surface area contributed by atoms with Crippen LogP contribution in [-0.4, -0.2) is 65.0 Å². The number of aromatic nitrogens is 2. The van der Waals surface area contributed by atoms with Crippen molar-refractivity contribution in [3.63, 3.8) is 0 Å². The minimum atomic E-state index is -0.320. The topological polar surface area (TPSA) is 93.4 Å². The molecule has 8 heteroatoms. The highest BCUT2D eigenvalue weighted by Crippen LogP contribution is 2.15. The number of aromatic amines is 1. The van der Waals surface area contributed by atoms with Gasteiger partial charge in [-0.1, -0.05) is 30.3 Å². The molecule has 0 unspecified atom stereocenters. The average Bonchev–Trinajstić information content (AvgIpc) is 3.26. The monoisotopic (exact) mass is 418 g/mol. The summed E-state index contributed by atoms with van der Waals surface area (Å²) in [6.07, 6.45) is 0. The zero-order valence-corrected chi connectivity index (χ0v) is 17.5. The van der Waals surface area contributed by atoms with Crippen LogP contribution < -0.4 is 10.6 Å². The molecule has 160 valence electrons. The van der Waals surface area contributed by atoms with Gasteiger partial charge in [0.1, 0.15) is 5.69 Å². The molecule has 4 rings (SSSR count). The number of likely N-dealkylation sites (N-methyl/N-ethyl adjacent to an activating group) is 1. The van der Waals surface area contributed by atoms with E-state index in [4.69, 9.17) is 0 Å². The third-order valence-corrected chi connectivity index (χ3v) is 5.31. The Morgan fingerprint density at radius 3 is 2.35 bits per heavy atom. The van der Waals surface area contributed by atoms with Crippen molar-refractivity contribution in [2.45, 2.75) is 6.54 Å². The number of carbonyl (C=O) groups is 2. The number of rotatable bonds is 6. The van der Waals surface area contributed by atoms with E-state index in [2.05, 4.69) is 37.7 Å². The second kappa shape index (κ2) is 9.55. The molecule has 8 nitrogen and oxygen atoms in total. The number of piperazine rings is 1. The number of amides is 2. The van der Waals surface area contributed by atoms with Gasteiger partial charge in [0.2, 0.25) is 0 Å². The molecular formula is C23H26N6O2. The summed E-state index contributed by atoms with van der Waals surface area (Å²) in [6, 6.07) is 18.2. The zero-order chi connectivity index (χ0) is 21.6. The van der Waals surface area contributed by atoms with Gasteiger partial charge < -0.3 is 15.5 Å². The third-order valence-electron chi connectivity index (χ3n) is 5.31. The quantitative estimate of drug-likeness (QED) is 0.572. The molecule has 2 aromatic carbocycles. The first-order valence-corrected chi connectivity index (χ1v) is 10.3. The summed E-state index contributed by atoms with van der Waals surface area (Å²) in [6.45, 7) is 5.22. The normalized spacial score (nSPS) is 14.9. The number of carbonyl (C=O) groups excluding carboxylic acids is 2. The first kappa shape index (κ1) is 20.8. The molecule has 0 spiro atoms. The fourth-order valence-electron chi connectivity index (χ4n) is 3.44. The number of anilines is 2. The van der Waals surface area contributed by atoms with Crippen molar-refractivity contribution in [1.29, 1.82) is 0 Å². The minimum Gasteiger partial charge on any atom is -0.321 e. The fraction of sp³-hybridized carbons (Fsp3) is 0.261. The van der Waals surface area contributed by atoms with E-state index >= 15 is 0 Å². The van der Waals surface area contributed by atoms with Gasteiger partial charge in [0.25, 0.3) is 11.8 Å². The molecule has 2 amide bonds. The van der Waals surface area contributed by atoms with E-state index in [1.165, 1.54) is 11.6 Å². The van der Waals surface area contributed by atoms with Crippen LogP contribution in [-0.2, 0) is 6.54 Å². The molecule has 3 aromatic rings. The molecule has 0 radical (unpaired) electrons. The smallest absolute Gasteiger partial charge is 0.273 e. The summed E-state index contributed by atoms with van der Waals surface area (Å²) in [4.78, 5) is 29.5. The van der Waals surface area contributed by atoms with Crippen molar-refractivity contribution in [3.8, 4) is 0 Å². The van der Waals surface area contributed by atoms with Crippen molar-refractivity contribution in [3.05, 3.63) is 77.5 Å². The van der Waals surface area contributed by atoms with E-state index in [-0.39, 0.29) is 17.5 Å². The van der Waals surface area contributed by atoms with E-state index in [1.807, 2.05) is 30.3 Å². The van der Waals surface area contributed by atoms with Crippen LogP contribution in [0.1, 0.15) is 26.4 Å². The highest BCUT2D eigenvalue weighted by molar-refractivity contribution is 6.06. The van der Waals surface area contributed by atoms with Gasteiger partial charge >= 0.3 is 0 Å². The SMILES string of the molecule is CN1CCN(Cc2ccc(NC(=O)c3cc(NC(=O)c4ccccc4)n[nH]3)cc2)CC1. The second-order valence-electron chi connectivity index (χ2n) is 7.72. The molecule has 0 saturated carbocycles. The highest BCUT2D eigenvalue weighted by Gasteiger charge is 2.15. The fourth-order valence-corrected chi connectivity index (χ4v) is 3.44. The Kier molecular flexibility index (Phi) is 6.40. The van der Waals surface area contributed by atoms with Crippen molar-refractivity contribution >= 4 is 23.3 Å². The number of benzene rings is 2. The lowest BCUT2D eigenvalue weighted by Crippen LogP contribution is -2.43. The van der Waals surface area contributed by atoms with Crippen molar-refractivity contribution in [2.24, 2.45) is 0 Å². The highest BCUT2D eigenvalue weighted by atomic mass is 16.2. The predicted octanol–water partition coefficient (Wildman–Crippen LogP) is 2.66. The summed E-state index contributed by atoms with van der Waals surface area (Å²) in [5.74, 6) is -0.309. The Balaban J connectivity index is 1.31. The van der Waals surface area contributed by atoms with Crippen molar-refractivity contribution in [1.82, 2.24) is 20.0 Å². The van der Waals surface area contributed by atoms with Crippen molar-refractivity contribution < 1.29 is 9.59 Å². The molecule has 0 atom stereocenters. The maximum Gasteiger partial charge on any atom is 0.273 e. The maximum absolute atomic E-state index is 12.5. The molecule has 0 bridgehead atoms. The number of H-pyrrole nitrogens is 1. The Bertz CT molecular complexity index is 1020. The van der Waals surface area contributed by atoms with Gasteiger partial charge in [-0.3, -0.25) is 19.6 Å². The van der Waals surface area contributed by atoms with E-state index in [0.717, 1.165) is 32.7 Å². The third kappa shape index (κ3) is 5.56. The number of hydrogen-bond acceptors (Lipinski definition) is 5. The number of nitrogens with zero attached hydrogens (tertiary/aromatic N) is 3. The van der Waals surface area contributed by atoms with Gasteiger partial charge in [0, 0.05) is 50.0 Å². The predicted molar refractivity (Wildman–Crippen MR) is 120 cm³/mol. The van der Waals surface area contributed by atoms with Gasteiger partial charge in [-0.05, 0) is 36.9 Å². The summed E-state index contributed by atoms with van der Waals surface area (Å²) < 4.78 is 0. The van der Waals surface area contributed by atoms with Crippen LogP contribution in [0.2, 0.25) is 0 Å². The molecule has 2 heterocycles. The van der Waals surface area contributed by atoms with Crippen LogP contribution >= 0.6 is 0 Å². The molecule has 1 aromatic heterocycles. The van der Waals surface area contributed by atoms with E-state index < -0.39 is 0 Å². The molecule has 1 aliphatic rings. The van der Waals surface area contributed by atoms with Crippen LogP contribution in [0.25, 0.3) is 0 Å². The van der Waals surface area contributed by atoms with E-state index in [1.54, 1.807) is 24.3 Å². The van der Waals surface area contributed by atoms with Crippen LogP contribution in [0.5, 0.6) is 0 Å². The molecule has 31 heavy (non-hydrogen) atoms. The van der Waals surface area contributed by atoms with E-state index in [0.29, 0.717) is 17.1 Å². The standard InChI is InChI=1S/C23H26N6O2/c1-28-11-13-29(14-12-28)16-17-7-9-19(10-8-17)24-23(31)20-15-21(27-26-20)25-22(30)18-5-3-2-4-6-18/h2-10,15H,11-14,16H2,1H3,(H,24,31)(H2,25,26,27,30). The molecule has 0 aliphatic carbocycles. The lowest BCUT2D eigenvalue weighted by Gasteiger charge is -2.32. The van der Waals surface area contributed by atoms with Gasteiger partial charge in [-0.15, -0.1) is 0 Å². The Morgan fingerprint density at radius 2 is 1.65 bits per heavy atom. The molecule has 3 N–H and O–H groups in total. The van der Waals surface area contributed by atoms with Crippen LogP contribution in [0, 0.1) is 0 Å². The largest absolute Gasteiger partial charge is 0.321 e. The zero-order valence-electron chi connectivity index (χ0n) is 17.5. The van der Waals surface area contributed by atoms with Gasteiger partial charge in [0.05, 0.1) is 0 Å². The van der Waals surface area contributed by atoms with Crippen molar-refractivity contribution in [2.75, 3.05) is 43.9 Å². The Labute approximate surface area is 181 Å². The maximum atomic E-state index is 12.5. The molecule has 1 aliphatic heterocycles. The Hall–Kier alpha value is -3.49. The number of nitrogens with one attached hydrogen (secondary N) is 3. The van der Waals surface area contributed by atoms with E-state index in [9.17, 15) is 9.59 Å². The van der Waals surface area contributed by atoms with Gasteiger partial charge in [-0.2, -0.15) is 5.10 Å². The first-order chi connectivity index (χ1) is 15.1. The lowest BCUT2D eigenvalue weighted by atomic mass is 10.1. The van der Waals surface area contributed by atoms with Crippen LogP contribution in [0.15, 0.2) is 60.7 Å². The first-order valence-electron chi connectivity index (χ1n) is 10.3. The molecule has 1 fully saturated rings. The van der Waals surface area contributed by atoms with Gasteiger partial charge in [-0.25, -0.2) is 0 Å². The molecule has 1 saturated heterocycles. The van der Waals surface area contributed by atoms with Crippen LogP contribution in [0.3, 0.4) is 0 Å². The summed E-state index contributed by atoms with van der Waals surface area (Å²) in [7, 11) is 2.15. The van der Waals surface area contributed by atoms with Gasteiger partial charge in [0.15, 0.2) is 5.82 Å². The summed E-state index contributed by atoms with van der Waals surface area (Å²) in [5, 5.41) is 12.2. The summed E-state index contributed by atoms with van der Waals surface area (Å²) in [5.41, 5.74) is 2.71. The minimum absolute atomic E-state index is 0.268. The summed E-state index contributed by atoms with van der Waals surface area (Å²) >= 11 is 0. The van der Waals surface area contributed by atoms with Crippen LogP contribution in [0.4, 0.5) is 11.5 Å². The number of hydrogen-bond donors (Lipinski definition) is 3. The lowest BCUT2D eigenvalue weighted by molar-refractivity contribution is 0.101. The molecular weight excluding hydrogens is 392 g/mol. The second-order valence-corrected chi connectivity index (χ2v) is 7.72.